The van der Waals surface area contributed by atoms with E-state index in [2.05, 4.69) is 10.1 Å². The summed E-state index contributed by atoms with van der Waals surface area (Å²) in [4.78, 5) is 24.0. The normalized spacial score (nSPS) is 11.5. The Hall–Kier alpha value is -2.60. The van der Waals surface area contributed by atoms with Gasteiger partial charge in [-0.2, -0.15) is 0 Å². The molecule has 0 radical (unpaired) electrons. The summed E-state index contributed by atoms with van der Waals surface area (Å²) >= 11 is 5.94. The van der Waals surface area contributed by atoms with E-state index in [1.807, 2.05) is 0 Å². The van der Waals surface area contributed by atoms with E-state index < -0.39 is 23.8 Å². The van der Waals surface area contributed by atoms with Crippen LogP contribution >= 0.6 is 11.6 Å². The number of esters is 1. The van der Waals surface area contributed by atoms with E-state index in [-0.39, 0.29) is 16.3 Å². The summed E-state index contributed by atoms with van der Waals surface area (Å²) in [5.41, 5.74) is 0.482. The molecule has 0 aliphatic heterocycles. The standard InChI is InChI=1S/C18H17ClFNO4/c1-3-15(25-16-7-5-4-6-14(16)20)17(22)21-11-8-9-13(19)12(10-11)18(23)24-2/h4-10,15H,3H2,1-2H3,(H,21,22)/t15-/m0/s1. The first-order valence-electron chi connectivity index (χ1n) is 7.56. The third-order valence-corrected chi connectivity index (χ3v) is 3.74. The Morgan fingerprint density at radius 1 is 1.24 bits per heavy atom. The van der Waals surface area contributed by atoms with Gasteiger partial charge in [0.05, 0.1) is 17.7 Å². The number of hydrogen-bond acceptors (Lipinski definition) is 4. The summed E-state index contributed by atoms with van der Waals surface area (Å²) in [7, 11) is 1.24. The van der Waals surface area contributed by atoms with Crippen molar-refractivity contribution in [1.82, 2.24) is 0 Å². The molecule has 0 spiro atoms. The second kappa shape index (κ2) is 8.48. The fourth-order valence-corrected chi connectivity index (χ4v) is 2.30. The van der Waals surface area contributed by atoms with Crippen molar-refractivity contribution in [3.05, 3.63) is 58.9 Å². The van der Waals surface area contributed by atoms with E-state index in [1.54, 1.807) is 19.1 Å². The number of methoxy groups -OCH3 is 1. The van der Waals surface area contributed by atoms with Crippen molar-refractivity contribution in [3.8, 4) is 5.75 Å². The number of halogens is 2. The van der Waals surface area contributed by atoms with Gasteiger partial charge in [0.15, 0.2) is 17.7 Å². The van der Waals surface area contributed by atoms with Gasteiger partial charge < -0.3 is 14.8 Å². The summed E-state index contributed by atoms with van der Waals surface area (Å²) < 4.78 is 23.8. The molecular weight excluding hydrogens is 349 g/mol. The van der Waals surface area contributed by atoms with Crippen LogP contribution in [0.25, 0.3) is 0 Å². The molecule has 1 atom stereocenters. The molecule has 0 saturated carbocycles. The maximum Gasteiger partial charge on any atom is 0.339 e. The Morgan fingerprint density at radius 3 is 2.60 bits per heavy atom. The van der Waals surface area contributed by atoms with Crippen LogP contribution in [-0.4, -0.2) is 25.1 Å². The Balaban J connectivity index is 2.14. The van der Waals surface area contributed by atoms with E-state index >= 15 is 0 Å². The van der Waals surface area contributed by atoms with Crippen molar-refractivity contribution >= 4 is 29.2 Å². The van der Waals surface area contributed by atoms with Gasteiger partial charge in [-0.15, -0.1) is 0 Å². The number of hydrogen-bond donors (Lipinski definition) is 1. The van der Waals surface area contributed by atoms with Gasteiger partial charge in [0.2, 0.25) is 0 Å². The number of amides is 1. The van der Waals surface area contributed by atoms with Gasteiger partial charge in [-0.05, 0) is 36.8 Å². The summed E-state index contributed by atoms with van der Waals surface area (Å²) in [6.07, 6.45) is -0.563. The van der Waals surface area contributed by atoms with Crippen LogP contribution in [0.3, 0.4) is 0 Å². The maximum absolute atomic E-state index is 13.7. The number of carbonyl (C=O) groups is 2. The second-order valence-electron chi connectivity index (χ2n) is 5.12. The van der Waals surface area contributed by atoms with Gasteiger partial charge in [-0.1, -0.05) is 30.7 Å². The summed E-state index contributed by atoms with van der Waals surface area (Å²) in [6.45, 7) is 1.74. The molecule has 0 aliphatic carbocycles. The molecule has 25 heavy (non-hydrogen) atoms. The van der Waals surface area contributed by atoms with E-state index in [1.165, 1.54) is 37.4 Å². The van der Waals surface area contributed by atoms with Crippen molar-refractivity contribution in [2.45, 2.75) is 19.4 Å². The maximum atomic E-state index is 13.7. The highest BCUT2D eigenvalue weighted by Gasteiger charge is 2.21. The molecule has 0 aromatic heterocycles. The van der Waals surface area contributed by atoms with Crippen LogP contribution in [0.4, 0.5) is 10.1 Å². The van der Waals surface area contributed by atoms with Crippen LogP contribution in [0.2, 0.25) is 5.02 Å². The number of carbonyl (C=O) groups excluding carboxylic acids is 2. The van der Waals surface area contributed by atoms with Crippen molar-refractivity contribution in [2.75, 3.05) is 12.4 Å². The second-order valence-corrected chi connectivity index (χ2v) is 5.53. The summed E-state index contributed by atoms with van der Waals surface area (Å²) in [5, 5.41) is 2.83. The average molecular weight is 366 g/mol. The largest absolute Gasteiger partial charge is 0.478 e. The van der Waals surface area contributed by atoms with Gasteiger partial charge in [0.1, 0.15) is 0 Å². The SMILES string of the molecule is CC[C@H](Oc1ccccc1F)C(=O)Nc1ccc(Cl)c(C(=O)OC)c1. The van der Waals surface area contributed by atoms with Crippen LogP contribution in [0, 0.1) is 5.82 Å². The predicted octanol–water partition coefficient (Wildman–Crippen LogP) is 4.06. The molecule has 0 fully saturated rings. The van der Waals surface area contributed by atoms with Gasteiger partial charge >= 0.3 is 5.97 Å². The fourth-order valence-electron chi connectivity index (χ4n) is 2.11. The fraction of sp³-hybridized carbons (Fsp3) is 0.222. The predicted molar refractivity (Wildman–Crippen MR) is 92.5 cm³/mol. The number of anilines is 1. The molecule has 0 aliphatic rings. The van der Waals surface area contributed by atoms with Crippen LogP contribution in [0.15, 0.2) is 42.5 Å². The minimum Gasteiger partial charge on any atom is -0.478 e. The van der Waals surface area contributed by atoms with E-state index in [0.29, 0.717) is 12.1 Å². The summed E-state index contributed by atoms with van der Waals surface area (Å²) in [6, 6.07) is 10.3. The lowest BCUT2D eigenvalue weighted by Crippen LogP contribution is -2.32. The van der Waals surface area contributed by atoms with Crippen LogP contribution < -0.4 is 10.1 Å². The lowest BCUT2D eigenvalue weighted by Gasteiger charge is -2.18. The van der Waals surface area contributed by atoms with Gasteiger partial charge in [-0.25, -0.2) is 9.18 Å². The lowest BCUT2D eigenvalue weighted by atomic mass is 10.2. The Kier molecular flexibility index (Phi) is 6.36. The topological polar surface area (TPSA) is 64.6 Å². The zero-order valence-electron chi connectivity index (χ0n) is 13.7. The van der Waals surface area contributed by atoms with E-state index in [4.69, 9.17) is 16.3 Å². The molecule has 2 aromatic carbocycles. The minimum absolute atomic E-state index is 0.00384. The highest BCUT2D eigenvalue weighted by atomic mass is 35.5. The highest BCUT2D eigenvalue weighted by Crippen LogP contribution is 2.23. The Bertz CT molecular complexity index is 781. The smallest absolute Gasteiger partial charge is 0.339 e. The Morgan fingerprint density at radius 2 is 1.96 bits per heavy atom. The lowest BCUT2D eigenvalue weighted by molar-refractivity contribution is -0.122. The zero-order valence-corrected chi connectivity index (χ0v) is 14.5. The van der Waals surface area contributed by atoms with E-state index in [9.17, 15) is 14.0 Å². The molecule has 0 heterocycles. The van der Waals surface area contributed by atoms with Crippen LogP contribution in [-0.2, 0) is 9.53 Å². The first-order valence-corrected chi connectivity index (χ1v) is 7.94. The monoisotopic (exact) mass is 365 g/mol. The quantitative estimate of drug-likeness (QED) is 0.784. The molecule has 132 valence electrons. The van der Waals surface area contributed by atoms with Crippen LogP contribution in [0.5, 0.6) is 5.75 Å². The zero-order chi connectivity index (χ0) is 18.4. The van der Waals surface area contributed by atoms with Crippen LogP contribution in [0.1, 0.15) is 23.7 Å². The molecule has 1 amide bonds. The summed E-state index contributed by atoms with van der Waals surface area (Å²) in [5.74, 6) is -1.64. The van der Waals surface area contributed by atoms with Crippen molar-refractivity contribution in [1.29, 1.82) is 0 Å². The number of rotatable bonds is 6. The highest BCUT2D eigenvalue weighted by molar-refractivity contribution is 6.33. The van der Waals surface area contributed by atoms with Gasteiger partial charge in [-0.3, -0.25) is 4.79 Å². The number of benzene rings is 2. The number of ether oxygens (including phenoxy) is 2. The molecule has 0 unspecified atom stereocenters. The van der Waals surface area contributed by atoms with Gasteiger partial charge in [0.25, 0.3) is 5.91 Å². The third-order valence-electron chi connectivity index (χ3n) is 3.41. The molecule has 2 aromatic rings. The third kappa shape index (κ3) is 4.70. The Labute approximate surface area is 149 Å². The van der Waals surface area contributed by atoms with Gasteiger partial charge in [0, 0.05) is 5.69 Å². The molecule has 0 bridgehead atoms. The first kappa shape index (κ1) is 18.7. The minimum atomic E-state index is -0.894. The molecular formula is C18H17ClFNO4. The molecule has 1 N–H and O–H groups in total. The first-order chi connectivity index (χ1) is 12.0. The molecule has 7 heteroatoms. The number of nitrogens with one attached hydrogen (secondary N) is 1. The van der Waals surface area contributed by atoms with E-state index in [0.717, 1.165) is 0 Å². The molecule has 0 saturated heterocycles. The molecule has 2 rings (SSSR count). The average Bonchev–Trinajstić information content (AvgIpc) is 2.61. The van der Waals surface area contributed by atoms with Crippen molar-refractivity contribution < 1.29 is 23.5 Å². The molecule has 5 nitrogen and oxygen atoms in total. The van der Waals surface area contributed by atoms with Crippen molar-refractivity contribution in [3.63, 3.8) is 0 Å². The number of para-hydroxylation sites is 1. The van der Waals surface area contributed by atoms with Crippen molar-refractivity contribution in [2.24, 2.45) is 0 Å².